The van der Waals surface area contributed by atoms with Gasteiger partial charge >= 0.3 is 5.97 Å². The Morgan fingerprint density at radius 1 is 1.38 bits per heavy atom. The maximum Gasteiger partial charge on any atom is 0.335 e. The third-order valence-electron chi connectivity index (χ3n) is 1.37. The zero-order chi connectivity index (χ0) is 9.68. The smallest absolute Gasteiger partial charge is 0.335 e. The van der Waals surface area contributed by atoms with Gasteiger partial charge in [0, 0.05) is 0 Å². The molecule has 0 heterocycles. The van der Waals surface area contributed by atoms with E-state index in [0.717, 1.165) is 0 Å². The quantitative estimate of drug-likeness (QED) is 0.569. The molecule has 0 radical (unpaired) electrons. The summed E-state index contributed by atoms with van der Waals surface area (Å²) in [4.78, 5) is 19.9. The standard InChI is InChI=1S/C9H10O4/c1-2-12-13-8-5-3-7(4-6-8)9(10)11/h3-6H,2H2,1H3,(H,10,11). The zero-order valence-electron chi connectivity index (χ0n) is 7.19. The van der Waals surface area contributed by atoms with Gasteiger partial charge in [-0.15, -0.1) is 0 Å². The van der Waals surface area contributed by atoms with E-state index in [1.807, 2.05) is 0 Å². The van der Waals surface area contributed by atoms with Crippen molar-refractivity contribution in [2.24, 2.45) is 0 Å². The molecular weight excluding hydrogens is 172 g/mol. The summed E-state index contributed by atoms with van der Waals surface area (Å²) in [5.74, 6) is -0.463. The molecule has 0 atom stereocenters. The van der Waals surface area contributed by atoms with Gasteiger partial charge in [-0.05, 0) is 31.2 Å². The summed E-state index contributed by atoms with van der Waals surface area (Å²) in [6.45, 7) is 2.24. The van der Waals surface area contributed by atoms with E-state index < -0.39 is 5.97 Å². The Morgan fingerprint density at radius 2 is 2.00 bits per heavy atom. The van der Waals surface area contributed by atoms with Crippen LogP contribution in [0.2, 0.25) is 0 Å². The zero-order valence-corrected chi connectivity index (χ0v) is 7.19. The average Bonchev–Trinajstić information content (AvgIpc) is 2.15. The molecule has 0 aliphatic carbocycles. The van der Waals surface area contributed by atoms with Crippen molar-refractivity contribution in [3.63, 3.8) is 0 Å². The molecule has 0 amide bonds. The predicted molar refractivity (Wildman–Crippen MR) is 45.7 cm³/mol. The molecule has 4 heteroatoms. The fraction of sp³-hybridized carbons (Fsp3) is 0.222. The summed E-state index contributed by atoms with van der Waals surface area (Å²) in [5.41, 5.74) is 0.226. The number of carboxylic acid groups (broad SMARTS) is 1. The highest BCUT2D eigenvalue weighted by molar-refractivity contribution is 5.87. The third-order valence-corrected chi connectivity index (χ3v) is 1.37. The summed E-state index contributed by atoms with van der Waals surface area (Å²) in [7, 11) is 0. The van der Waals surface area contributed by atoms with E-state index in [2.05, 4.69) is 4.89 Å². The lowest BCUT2D eigenvalue weighted by Crippen LogP contribution is -1.98. The number of aromatic carboxylic acids is 1. The molecule has 0 unspecified atom stereocenters. The number of hydrogen-bond acceptors (Lipinski definition) is 3. The minimum atomic E-state index is -0.956. The Labute approximate surface area is 75.6 Å². The molecule has 1 aromatic carbocycles. The molecule has 1 rings (SSSR count). The van der Waals surface area contributed by atoms with Crippen LogP contribution >= 0.6 is 0 Å². The highest BCUT2D eigenvalue weighted by atomic mass is 17.2. The minimum Gasteiger partial charge on any atom is -0.478 e. The maximum atomic E-state index is 10.5. The van der Waals surface area contributed by atoms with Crippen LogP contribution in [0.5, 0.6) is 5.75 Å². The van der Waals surface area contributed by atoms with Gasteiger partial charge in [-0.2, -0.15) is 4.89 Å². The molecule has 0 saturated carbocycles. The van der Waals surface area contributed by atoms with Crippen LogP contribution in [0, 0.1) is 0 Å². The molecule has 0 fully saturated rings. The van der Waals surface area contributed by atoms with E-state index in [9.17, 15) is 4.79 Å². The van der Waals surface area contributed by atoms with Crippen LogP contribution in [0.25, 0.3) is 0 Å². The first-order valence-electron chi connectivity index (χ1n) is 3.87. The molecule has 1 N–H and O–H groups in total. The summed E-state index contributed by atoms with van der Waals surface area (Å²) < 4.78 is 0. The monoisotopic (exact) mass is 182 g/mol. The van der Waals surface area contributed by atoms with Crippen molar-refractivity contribution in [3.8, 4) is 5.75 Å². The SMILES string of the molecule is CCOOc1ccc(C(=O)O)cc1. The van der Waals surface area contributed by atoms with Crippen molar-refractivity contribution < 1.29 is 19.7 Å². The first-order valence-corrected chi connectivity index (χ1v) is 3.87. The van der Waals surface area contributed by atoms with E-state index in [1.165, 1.54) is 12.1 Å². The van der Waals surface area contributed by atoms with Gasteiger partial charge in [-0.1, -0.05) is 0 Å². The molecule has 4 nitrogen and oxygen atoms in total. The van der Waals surface area contributed by atoms with Crippen molar-refractivity contribution >= 4 is 5.97 Å². The van der Waals surface area contributed by atoms with Crippen LogP contribution in [-0.2, 0) is 4.89 Å². The fourth-order valence-corrected chi connectivity index (χ4v) is 0.780. The molecule has 0 saturated heterocycles. The van der Waals surface area contributed by atoms with Gasteiger partial charge in [-0.3, -0.25) is 0 Å². The van der Waals surface area contributed by atoms with Crippen LogP contribution in [0.4, 0.5) is 0 Å². The van der Waals surface area contributed by atoms with Crippen LogP contribution < -0.4 is 4.89 Å². The number of benzene rings is 1. The van der Waals surface area contributed by atoms with Crippen LogP contribution in [0.15, 0.2) is 24.3 Å². The van der Waals surface area contributed by atoms with Crippen LogP contribution in [0.1, 0.15) is 17.3 Å². The van der Waals surface area contributed by atoms with E-state index in [4.69, 9.17) is 9.99 Å². The highest BCUT2D eigenvalue weighted by Crippen LogP contribution is 2.12. The number of carbonyl (C=O) groups is 1. The van der Waals surface area contributed by atoms with E-state index in [-0.39, 0.29) is 5.56 Å². The van der Waals surface area contributed by atoms with Gasteiger partial charge in [0.05, 0.1) is 12.2 Å². The number of hydrogen-bond donors (Lipinski definition) is 1. The molecule has 0 bridgehead atoms. The Balaban J connectivity index is 2.64. The van der Waals surface area contributed by atoms with Crippen molar-refractivity contribution in [3.05, 3.63) is 29.8 Å². The minimum absolute atomic E-state index is 0.226. The first-order chi connectivity index (χ1) is 6.24. The second kappa shape index (κ2) is 4.47. The van der Waals surface area contributed by atoms with Crippen LogP contribution in [0.3, 0.4) is 0 Å². The average molecular weight is 182 g/mol. The predicted octanol–water partition coefficient (Wildman–Crippen LogP) is 1.72. The summed E-state index contributed by atoms with van der Waals surface area (Å²) >= 11 is 0. The van der Waals surface area contributed by atoms with Gasteiger partial charge in [-0.25, -0.2) is 4.79 Å². The fourth-order valence-electron chi connectivity index (χ4n) is 0.780. The van der Waals surface area contributed by atoms with E-state index >= 15 is 0 Å². The molecule has 13 heavy (non-hydrogen) atoms. The van der Waals surface area contributed by atoms with Gasteiger partial charge in [0.15, 0.2) is 5.75 Å². The normalized spacial score (nSPS) is 9.62. The molecule has 0 aliphatic heterocycles. The van der Waals surface area contributed by atoms with Gasteiger partial charge < -0.3 is 9.99 Å². The summed E-state index contributed by atoms with van der Waals surface area (Å²) in [6, 6.07) is 5.99. The largest absolute Gasteiger partial charge is 0.478 e. The van der Waals surface area contributed by atoms with E-state index in [1.54, 1.807) is 19.1 Å². The molecule has 0 spiro atoms. The molecule has 1 aromatic rings. The van der Waals surface area contributed by atoms with Crippen LogP contribution in [-0.4, -0.2) is 17.7 Å². The second-order valence-electron chi connectivity index (χ2n) is 2.32. The van der Waals surface area contributed by atoms with Crippen molar-refractivity contribution in [2.75, 3.05) is 6.61 Å². The third kappa shape index (κ3) is 2.76. The summed E-state index contributed by atoms with van der Waals surface area (Å²) in [5, 5.41) is 8.58. The Hall–Kier alpha value is -1.55. The lowest BCUT2D eigenvalue weighted by molar-refractivity contribution is -0.202. The molecular formula is C9H10O4. The second-order valence-corrected chi connectivity index (χ2v) is 2.32. The van der Waals surface area contributed by atoms with Crippen molar-refractivity contribution in [1.29, 1.82) is 0 Å². The number of carboxylic acids is 1. The van der Waals surface area contributed by atoms with Crippen molar-refractivity contribution in [2.45, 2.75) is 6.92 Å². The van der Waals surface area contributed by atoms with Gasteiger partial charge in [0.1, 0.15) is 0 Å². The van der Waals surface area contributed by atoms with Gasteiger partial charge in [0.25, 0.3) is 0 Å². The summed E-state index contributed by atoms with van der Waals surface area (Å²) in [6.07, 6.45) is 0. The molecule has 70 valence electrons. The molecule has 0 aliphatic rings. The first kappa shape index (κ1) is 9.54. The lowest BCUT2D eigenvalue weighted by Gasteiger charge is -2.01. The van der Waals surface area contributed by atoms with E-state index in [0.29, 0.717) is 12.4 Å². The van der Waals surface area contributed by atoms with Crippen molar-refractivity contribution in [1.82, 2.24) is 0 Å². The Morgan fingerprint density at radius 3 is 2.46 bits per heavy atom. The highest BCUT2D eigenvalue weighted by Gasteiger charge is 2.01. The topological polar surface area (TPSA) is 55.8 Å². The lowest BCUT2D eigenvalue weighted by atomic mass is 10.2. The Bertz CT molecular complexity index is 278. The number of rotatable bonds is 4. The van der Waals surface area contributed by atoms with Gasteiger partial charge in [0.2, 0.25) is 0 Å². The Kier molecular flexibility index (Phi) is 3.28. The maximum absolute atomic E-state index is 10.5. The molecule has 0 aromatic heterocycles.